The number of rotatable bonds is 6. The van der Waals surface area contributed by atoms with Crippen LogP contribution in [0.1, 0.15) is 18.4 Å². The van der Waals surface area contributed by atoms with Crippen LogP contribution in [0.2, 0.25) is 5.02 Å². The molecule has 9 nitrogen and oxygen atoms in total. The number of carbonyl (C=O) groups excluding carboxylic acids is 1. The monoisotopic (exact) mass is 488 g/mol. The Balaban J connectivity index is 1.74. The molecule has 2 aromatic heterocycles. The molecule has 0 saturated heterocycles. The molecular formula is C21H18ClFN6O3S. The minimum absolute atomic E-state index is 0.0620. The summed E-state index contributed by atoms with van der Waals surface area (Å²) < 4.78 is 21.1. The van der Waals surface area contributed by atoms with Crippen molar-refractivity contribution in [3.05, 3.63) is 62.6 Å². The fraction of sp³-hybridized carbons (Fsp3) is 0.190. The molecule has 0 fully saturated rings. The zero-order chi connectivity index (χ0) is 23.7. The number of thiazole rings is 1. The summed E-state index contributed by atoms with van der Waals surface area (Å²) in [7, 11) is 0. The Morgan fingerprint density at radius 1 is 1.36 bits per heavy atom. The minimum atomic E-state index is -0.861. The molecule has 0 spiro atoms. The summed E-state index contributed by atoms with van der Waals surface area (Å²) in [6.45, 7) is 1.67. The molecule has 4 aromatic rings. The summed E-state index contributed by atoms with van der Waals surface area (Å²) in [4.78, 5) is 30.0. The van der Waals surface area contributed by atoms with Gasteiger partial charge in [-0.05, 0) is 30.7 Å². The predicted octanol–water partition coefficient (Wildman–Crippen LogP) is 3.01. The van der Waals surface area contributed by atoms with Crippen molar-refractivity contribution in [1.82, 2.24) is 20.1 Å². The zero-order valence-electron chi connectivity index (χ0n) is 17.3. The highest BCUT2D eigenvalue weighted by Crippen LogP contribution is 2.29. The van der Waals surface area contributed by atoms with Crippen molar-refractivity contribution in [2.75, 3.05) is 0 Å². The van der Waals surface area contributed by atoms with Crippen LogP contribution < -0.4 is 21.3 Å². The predicted molar refractivity (Wildman–Crippen MR) is 124 cm³/mol. The first-order chi connectivity index (χ1) is 15.8. The lowest BCUT2D eigenvalue weighted by molar-refractivity contribution is -0.136. The normalized spacial score (nSPS) is 12.1. The minimum Gasteiger partial charge on any atom is -0.404 e. The molecule has 12 heteroatoms. The number of nitrogens with two attached hydrogens (primary N) is 1. The molecule has 33 heavy (non-hydrogen) atoms. The fourth-order valence-electron chi connectivity index (χ4n) is 3.27. The van der Waals surface area contributed by atoms with Gasteiger partial charge in [0.25, 0.3) is 5.56 Å². The van der Waals surface area contributed by atoms with Crippen LogP contribution in [-0.4, -0.2) is 32.7 Å². The van der Waals surface area contributed by atoms with Crippen LogP contribution in [0, 0.1) is 11.2 Å². The maximum Gasteiger partial charge on any atom is 0.335 e. The molecule has 2 heterocycles. The number of fused-ring (bicyclic) bond motifs is 2. The average molecular weight is 489 g/mol. The lowest BCUT2D eigenvalue weighted by Gasteiger charge is -2.16. The van der Waals surface area contributed by atoms with Gasteiger partial charge in [0.2, 0.25) is 5.88 Å². The van der Waals surface area contributed by atoms with Crippen LogP contribution in [0.25, 0.3) is 21.0 Å². The van der Waals surface area contributed by atoms with E-state index in [0.717, 1.165) is 16.0 Å². The molecule has 4 rings (SSSR count). The van der Waals surface area contributed by atoms with Gasteiger partial charge in [-0.25, -0.2) is 18.9 Å². The second kappa shape index (κ2) is 9.12. The van der Waals surface area contributed by atoms with Gasteiger partial charge in [-0.1, -0.05) is 30.7 Å². The van der Waals surface area contributed by atoms with Crippen molar-refractivity contribution >= 4 is 55.9 Å². The number of nitrogens with zero attached hydrogens (tertiary/aromatic N) is 3. The Labute approximate surface area is 195 Å². The number of halogens is 2. The highest BCUT2D eigenvalue weighted by atomic mass is 35.5. The Morgan fingerprint density at radius 3 is 2.79 bits per heavy atom. The van der Waals surface area contributed by atoms with Crippen LogP contribution in [0.4, 0.5) is 4.39 Å². The summed E-state index contributed by atoms with van der Waals surface area (Å²) in [5.41, 5.74) is 5.29. The number of esters is 1. The van der Waals surface area contributed by atoms with Gasteiger partial charge in [-0.15, -0.1) is 16.4 Å². The third kappa shape index (κ3) is 4.64. The van der Waals surface area contributed by atoms with Gasteiger partial charge in [-0.2, -0.15) is 0 Å². The maximum atomic E-state index is 14.2. The van der Waals surface area contributed by atoms with Gasteiger partial charge in [0.05, 0.1) is 27.5 Å². The summed E-state index contributed by atoms with van der Waals surface area (Å²) in [5, 5.41) is 15.4. The molecule has 0 amide bonds. The SMILES string of the molecule is CCC(NC(=N)N)C(=O)Oc1nn(Cc2nc3cc(Cl)cc(F)c3s2)c(=O)c2ccccc12. The van der Waals surface area contributed by atoms with Crippen molar-refractivity contribution in [2.45, 2.75) is 25.9 Å². The van der Waals surface area contributed by atoms with Gasteiger partial charge in [0, 0.05) is 5.02 Å². The molecule has 0 saturated carbocycles. The van der Waals surface area contributed by atoms with Crippen molar-refractivity contribution in [3.63, 3.8) is 0 Å². The molecule has 0 radical (unpaired) electrons. The summed E-state index contributed by atoms with van der Waals surface area (Å²) in [6.07, 6.45) is 0.315. The first-order valence-corrected chi connectivity index (χ1v) is 11.0. The lowest BCUT2D eigenvalue weighted by atomic mass is 10.2. The Morgan fingerprint density at radius 2 is 2.09 bits per heavy atom. The molecule has 1 unspecified atom stereocenters. The van der Waals surface area contributed by atoms with Crippen LogP contribution in [-0.2, 0) is 11.3 Å². The van der Waals surface area contributed by atoms with Crippen LogP contribution in [0.3, 0.4) is 0 Å². The number of ether oxygens (including phenoxy) is 1. The van der Waals surface area contributed by atoms with E-state index in [1.165, 1.54) is 12.1 Å². The molecule has 0 aliphatic carbocycles. The van der Waals surface area contributed by atoms with Crippen LogP contribution >= 0.6 is 22.9 Å². The van der Waals surface area contributed by atoms with Crippen molar-refractivity contribution in [2.24, 2.45) is 5.73 Å². The van der Waals surface area contributed by atoms with Crippen molar-refractivity contribution < 1.29 is 13.9 Å². The lowest BCUT2D eigenvalue weighted by Crippen LogP contribution is -2.45. The van der Waals surface area contributed by atoms with Gasteiger partial charge in [-0.3, -0.25) is 10.2 Å². The average Bonchev–Trinajstić information content (AvgIpc) is 3.17. The highest BCUT2D eigenvalue weighted by Gasteiger charge is 2.22. The second-order valence-electron chi connectivity index (χ2n) is 7.10. The Kier molecular flexibility index (Phi) is 6.25. The molecular weight excluding hydrogens is 471 g/mol. The summed E-state index contributed by atoms with van der Waals surface area (Å²) in [5.74, 6) is -1.65. The summed E-state index contributed by atoms with van der Waals surface area (Å²) in [6, 6.07) is 8.46. The van der Waals surface area contributed by atoms with E-state index in [0.29, 0.717) is 32.4 Å². The van der Waals surface area contributed by atoms with E-state index >= 15 is 0 Å². The van der Waals surface area contributed by atoms with E-state index in [9.17, 15) is 14.0 Å². The number of carbonyl (C=O) groups is 1. The molecule has 0 bridgehead atoms. The molecule has 0 aliphatic rings. The maximum absolute atomic E-state index is 14.2. The van der Waals surface area contributed by atoms with Crippen LogP contribution in [0.15, 0.2) is 41.2 Å². The highest BCUT2D eigenvalue weighted by molar-refractivity contribution is 7.18. The molecule has 4 N–H and O–H groups in total. The number of hydrogen-bond donors (Lipinski definition) is 3. The topological polar surface area (TPSA) is 136 Å². The number of hydrogen-bond acceptors (Lipinski definition) is 7. The van der Waals surface area contributed by atoms with E-state index in [1.54, 1.807) is 31.2 Å². The Hall–Kier alpha value is -3.57. The number of benzene rings is 2. The zero-order valence-corrected chi connectivity index (χ0v) is 18.8. The van der Waals surface area contributed by atoms with E-state index in [4.69, 9.17) is 27.5 Å². The number of aromatic nitrogens is 3. The molecule has 2 aromatic carbocycles. The van der Waals surface area contributed by atoms with Crippen LogP contribution in [0.5, 0.6) is 5.88 Å². The second-order valence-corrected chi connectivity index (χ2v) is 8.62. The van der Waals surface area contributed by atoms with Gasteiger partial charge in [0.15, 0.2) is 5.96 Å². The summed E-state index contributed by atoms with van der Waals surface area (Å²) >= 11 is 6.98. The third-order valence-electron chi connectivity index (χ3n) is 4.79. The van der Waals surface area contributed by atoms with Gasteiger partial charge < -0.3 is 15.8 Å². The van der Waals surface area contributed by atoms with Crippen molar-refractivity contribution in [3.8, 4) is 5.88 Å². The number of guanidine groups is 1. The fourth-order valence-corrected chi connectivity index (χ4v) is 4.40. The number of nitrogens with one attached hydrogen (secondary N) is 2. The van der Waals surface area contributed by atoms with E-state index < -0.39 is 23.4 Å². The third-order valence-corrected chi connectivity index (χ3v) is 6.07. The molecule has 0 aliphatic heterocycles. The smallest absolute Gasteiger partial charge is 0.335 e. The first kappa shape index (κ1) is 22.6. The van der Waals surface area contributed by atoms with Crippen molar-refractivity contribution in [1.29, 1.82) is 5.41 Å². The van der Waals surface area contributed by atoms with E-state index in [-0.39, 0.29) is 23.4 Å². The Bertz CT molecular complexity index is 1450. The van der Waals surface area contributed by atoms with E-state index in [1.807, 2.05) is 0 Å². The van der Waals surface area contributed by atoms with E-state index in [2.05, 4.69) is 15.4 Å². The van der Waals surface area contributed by atoms with Gasteiger partial charge in [0.1, 0.15) is 16.9 Å². The molecule has 170 valence electrons. The molecule has 1 atom stereocenters. The standard InChI is InChI=1S/C21H18ClFN6O3S/c1-2-14(27-21(24)25)20(31)32-18-11-5-3-4-6-12(11)19(30)29(28-18)9-16-26-15-8-10(22)7-13(23)17(15)33-16/h3-8,14H,2,9H2,1H3,(H4,24,25,27). The first-order valence-electron chi connectivity index (χ1n) is 9.83. The quantitative estimate of drug-likeness (QED) is 0.215. The van der Waals surface area contributed by atoms with Gasteiger partial charge >= 0.3 is 5.97 Å². The largest absolute Gasteiger partial charge is 0.404 e.